The summed E-state index contributed by atoms with van der Waals surface area (Å²) in [5.41, 5.74) is 3.13. The van der Waals surface area contributed by atoms with Gasteiger partial charge in [-0.1, -0.05) is 12.8 Å². The Kier molecular flexibility index (Phi) is 12.1. The van der Waals surface area contributed by atoms with Crippen LogP contribution in [0.25, 0.3) is 0 Å². The molecule has 2 heterocycles. The molecular formula is C30H40N2O6S3. The van der Waals surface area contributed by atoms with Crippen molar-refractivity contribution in [3.05, 3.63) is 32.0 Å². The van der Waals surface area contributed by atoms with Crippen LogP contribution in [0.3, 0.4) is 0 Å². The molecule has 224 valence electrons. The highest BCUT2D eigenvalue weighted by Gasteiger charge is 2.28. The molecule has 2 amide bonds. The first-order valence-electron chi connectivity index (χ1n) is 14.7. The standard InChI is InChI=1S/C30H40N2O6S3/c1-3-37-29(35)25-19-11-7-5-9-13-21(19)40-27(25)31-23(33)15-17-39-18-16-24(34)32-28-26(30(36)38-4-2)20-12-8-6-10-14-22(20)41-28/h3-18H2,1-2H3,(H,31,33)(H,32,34). The molecule has 2 N–H and O–H groups in total. The van der Waals surface area contributed by atoms with Crippen LogP contribution in [0.5, 0.6) is 0 Å². The van der Waals surface area contributed by atoms with Crippen molar-refractivity contribution in [2.24, 2.45) is 0 Å². The van der Waals surface area contributed by atoms with Gasteiger partial charge in [-0.3, -0.25) is 9.59 Å². The zero-order valence-electron chi connectivity index (χ0n) is 24.0. The van der Waals surface area contributed by atoms with Gasteiger partial charge in [-0.25, -0.2) is 9.59 Å². The number of hydrogen-bond acceptors (Lipinski definition) is 9. The number of rotatable bonds is 12. The number of carbonyl (C=O) groups excluding carboxylic acids is 4. The number of anilines is 2. The van der Waals surface area contributed by atoms with E-state index in [1.807, 2.05) is 0 Å². The van der Waals surface area contributed by atoms with E-state index >= 15 is 0 Å². The maximum absolute atomic E-state index is 12.7. The molecule has 0 bridgehead atoms. The highest BCUT2D eigenvalue weighted by molar-refractivity contribution is 7.99. The van der Waals surface area contributed by atoms with Crippen molar-refractivity contribution >= 4 is 68.2 Å². The first-order chi connectivity index (χ1) is 19.9. The molecule has 0 aromatic carbocycles. The number of carbonyl (C=O) groups is 4. The second-order valence-corrected chi connectivity index (χ2v) is 13.6. The quantitative estimate of drug-likeness (QED) is 0.153. The summed E-state index contributed by atoms with van der Waals surface area (Å²) >= 11 is 4.53. The van der Waals surface area contributed by atoms with Crippen molar-refractivity contribution in [2.45, 2.75) is 90.9 Å². The summed E-state index contributed by atoms with van der Waals surface area (Å²) in [5, 5.41) is 7.11. The number of hydrogen-bond donors (Lipinski definition) is 2. The molecule has 0 saturated heterocycles. The molecular weight excluding hydrogens is 581 g/mol. The Bertz CT molecular complexity index is 1160. The van der Waals surface area contributed by atoms with Gasteiger partial charge in [0.25, 0.3) is 0 Å². The van der Waals surface area contributed by atoms with Crippen molar-refractivity contribution in [3.63, 3.8) is 0 Å². The molecule has 4 rings (SSSR count). The van der Waals surface area contributed by atoms with Crippen LogP contribution in [0.2, 0.25) is 0 Å². The Morgan fingerprint density at radius 2 is 1.07 bits per heavy atom. The number of fused-ring (bicyclic) bond motifs is 2. The van der Waals surface area contributed by atoms with Gasteiger partial charge in [-0.2, -0.15) is 11.8 Å². The molecule has 0 radical (unpaired) electrons. The summed E-state index contributed by atoms with van der Waals surface area (Å²) in [6.45, 7) is 4.15. The number of aryl methyl sites for hydroxylation is 2. The van der Waals surface area contributed by atoms with Crippen molar-refractivity contribution in [2.75, 3.05) is 35.4 Å². The molecule has 0 atom stereocenters. The third-order valence-corrected chi connectivity index (χ3v) is 10.7. The van der Waals surface area contributed by atoms with Crippen LogP contribution >= 0.6 is 34.4 Å². The SMILES string of the molecule is CCOC(=O)c1c(NC(=O)CCSCCC(=O)Nc2sc3c(c2C(=O)OCC)CCCCC3)sc2c1CCCCC2. The van der Waals surface area contributed by atoms with E-state index in [4.69, 9.17) is 9.47 Å². The summed E-state index contributed by atoms with van der Waals surface area (Å²) in [4.78, 5) is 53.3. The van der Waals surface area contributed by atoms with Crippen LogP contribution < -0.4 is 10.6 Å². The minimum absolute atomic E-state index is 0.150. The number of thioether (sulfide) groups is 1. The van der Waals surface area contributed by atoms with Crippen molar-refractivity contribution in [1.82, 2.24) is 0 Å². The van der Waals surface area contributed by atoms with Crippen LogP contribution in [0.1, 0.15) is 107 Å². The predicted octanol–water partition coefficient (Wildman–Crippen LogP) is 6.79. The third kappa shape index (κ3) is 8.35. The minimum Gasteiger partial charge on any atom is -0.462 e. The van der Waals surface area contributed by atoms with Gasteiger partial charge in [0.15, 0.2) is 0 Å². The average Bonchev–Trinajstić information content (AvgIpc) is 3.22. The largest absolute Gasteiger partial charge is 0.462 e. The molecule has 0 spiro atoms. The molecule has 2 aliphatic rings. The highest BCUT2D eigenvalue weighted by Crippen LogP contribution is 2.39. The fraction of sp³-hybridized carbons (Fsp3) is 0.600. The molecule has 41 heavy (non-hydrogen) atoms. The van der Waals surface area contributed by atoms with Crippen LogP contribution in [-0.2, 0) is 44.7 Å². The Morgan fingerprint density at radius 1 is 0.659 bits per heavy atom. The number of amides is 2. The number of thiophene rings is 2. The smallest absolute Gasteiger partial charge is 0.341 e. The normalized spacial score (nSPS) is 14.7. The Balaban J connectivity index is 1.26. The van der Waals surface area contributed by atoms with Crippen molar-refractivity contribution in [3.8, 4) is 0 Å². The second-order valence-electron chi connectivity index (χ2n) is 10.2. The molecule has 0 aliphatic heterocycles. The van der Waals surface area contributed by atoms with Gasteiger partial charge in [0.05, 0.1) is 24.3 Å². The van der Waals surface area contributed by atoms with Gasteiger partial charge in [-0.15, -0.1) is 22.7 Å². The van der Waals surface area contributed by atoms with E-state index in [1.54, 1.807) is 13.8 Å². The van der Waals surface area contributed by atoms with Crippen LogP contribution in [0.15, 0.2) is 0 Å². The van der Waals surface area contributed by atoms with Gasteiger partial charge in [0, 0.05) is 34.1 Å². The number of esters is 2. The van der Waals surface area contributed by atoms with Gasteiger partial charge in [-0.05, 0) is 76.3 Å². The van der Waals surface area contributed by atoms with Crippen LogP contribution in [0.4, 0.5) is 10.0 Å². The molecule has 2 aliphatic carbocycles. The molecule has 2 aromatic heterocycles. The Morgan fingerprint density at radius 3 is 1.49 bits per heavy atom. The molecule has 0 unspecified atom stereocenters. The van der Waals surface area contributed by atoms with Crippen molar-refractivity contribution in [1.29, 1.82) is 0 Å². The van der Waals surface area contributed by atoms with Gasteiger partial charge in [0.1, 0.15) is 10.0 Å². The summed E-state index contributed by atoms with van der Waals surface area (Å²) in [7, 11) is 0. The lowest BCUT2D eigenvalue weighted by molar-refractivity contribution is -0.116. The van der Waals surface area contributed by atoms with E-state index in [0.717, 1.165) is 75.3 Å². The topological polar surface area (TPSA) is 111 Å². The second kappa shape index (κ2) is 15.7. The molecule has 11 heteroatoms. The number of ether oxygens (including phenoxy) is 2. The van der Waals surface area contributed by atoms with E-state index in [9.17, 15) is 19.2 Å². The van der Waals surface area contributed by atoms with E-state index in [2.05, 4.69) is 10.6 Å². The zero-order valence-corrected chi connectivity index (χ0v) is 26.4. The van der Waals surface area contributed by atoms with Gasteiger partial charge < -0.3 is 20.1 Å². The fourth-order valence-electron chi connectivity index (χ4n) is 5.31. The maximum Gasteiger partial charge on any atom is 0.341 e. The Labute approximate surface area is 254 Å². The molecule has 0 fully saturated rings. The van der Waals surface area contributed by atoms with Crippen LogP contribution in [-0.4, -0.2) is 48.5 Å². The summed E-state index contributed by atoms with van der Waals surface area (Å²) < 4.78 is 10.6. The highest BCUT2D eigenvalue weighted by atomic mass is 32.2. The zero-order chi connectivity index (χ0) is 29.2. The third-order valence-electron chi connectivity index (χ3n) is 7.25. The van der Waals surface area contributed by atoms with Gasteiger partial charge in [0.2, 0.25) is 11.8 Å². The lowest BCUT2D eigenvalue weighted by Gasteiger charge is -2.09. The predicted molar refractivity (Wildman–Crippen MR) is 167 cm³/mol. The number of nitrogens with one attached hydrogen (secondary N) is 2. The van der Waals surface area contributed by atoms with Crippen LogP contribution in [0, 0.1) is 0 Å². The molecule has 8 nitrogen and oxygen atoms in total. The fourth-order valence-corrected chi connectivity index (χ4v) is 8.76. The first kappa shape index (κ1) is 31.6. The van der Waals surface area contributed by atoms with E-state index < -0.39 is 0 Å². The summed E-state index contributed by atoms with van der Waals surface area (Å²) in [6.07, 6.45) is 10.6. The monoisotopic (exact) mass is 620 g/mol. The Hall–Kier alpha value is -2.37. The lowest BCUT2D eigenvalue weighted by Crippen LogP contribution is -2.16. The maximum atomic E-state index is 12.7. The van der Waals surface area contributed by atoms with E-state index in [1.165, 1.54) is 44.2 Å². The average molecular weight is 621 g/mol. The summed E-state index contributed by atoms with van der Waals surface area (Å²) in [5.74, 6) is 0.0820. The van der Waals surface area contributed by atoms with E-state index in [0.29, 0.717) is 45.8 Å². The minimum atomic E-state index is -0.365. The van der Waals surface area contributed by atoms with Crippen molar-refractivity contribution < 1.29 is 28.7 Å². The molecule has 2 aromatic rings. The lowest BCUT2D eigenvalue weighted by atomic mass is 10.1. The first-order valence-corrected chi connectivity index (χ1v) is 17.5. The summed E-state index contributed by atoms with van der Waals surface area (Å²) in [6, 6.07) is 0. The van der Waals surface area contributed by atoms with Gasteiger partial charge >= 0.3 is 11.9 Å². The van der Waals surface area contributed by atoms with E-state index in [-0.39, 0.29) is 36.6 Å². The molecule has 0 saturated carbocycles.